The van der Waals surface area contributed by atoms with E-state index in [-0.39, 0.29) is 23.7 Å². The van der Waals surface area contributed by atoms with Gasteiger partial charge in [0.1, 0.15) is 0 Å². The summed E-state index contributed by atoms with van der Waals surface area (Å²) in [6.07, 6.45) is 0.727. The van der Waals surface area contributed by atoms with Gasteiger partial charge in [-0.2, -0.15) is 0 Å². The van der Waals surface area contributed by atoms with E-state index in [1.54, 1.807) is 17.0 Å². The van der Waals surface area contributed by atoms with Crippen LogP contribution in [0.4, 0.5) is 17.1 Å². The second-order valence-electron chi connectivity index (χ2n) is 8.19. The van der Waals surface area contributed by atoms with Crippen LogP contribution in [0.5, 0.6) is 0 Å². The fourth-order valence-electron chi connectivity index (χ4n) is 4.17. The van der Waals surface area contributed by atoms with Crippen LogP contribution in [0.2, 0.25) is 0 Å². The lowest BCUT2D eigenvalue weighted by molar-refractivity contribution is -0.384. The third kappa shape index (κ3) is 4.14. The summed E-state index contributed by atoms with van der Waals surface area (Å²) in [6, 6.07) is 20.3. The van der Waals surface area contributed by atoms with Gasteiger partial charge in [0.25, 0.3) is 11.6 Å². The van der Waals surface area contributed by atoms with Gasteiger partial charge in [0.05, 0.1) is 11.0 Å². The lowest BCUT2D eigenvalue weighted by Crippen LogP contribution is -2.44. The maximum absolute atomic E-state index is 13.4. The second-order valence-corrected chi connectivity index (χ2v) is 8.19. The summed E-state index contributed by atoms with van der Waals surface area (Å²) in [5, 5.41) is 14.8. The Hall–Kier alpha value is -3.67. The second kappa shape index (κ2) is 8.22. The fraction of sp³-hybridized carbons (Fsp3) is 0.240. The molecule has 0 spiro atoms. The lowest BCUT2D eigenvalue weighted by atomic mass is 9.89. The molecule has 1 N–H and O–H groups in total. The predicted molar refractivity (Wildman–Crippen MR) is 123 cm³/mol. The minimum absolute atomic E-state index is 0.0572. The van der Waals surface area contributed by atoms with E-state index in [1.807, 2.05) is 26.0 Å². The van der Waals surface area contributed by atoms with Gasteiger partial charge in [-0.1, -0.05) is 41.5 Å². The Bertz CT molecular complexity index is 1140. The molecule has 0 fully saturated rings. The first-order valence-corrected chi connectivity index (χ1v) is 10.4. The van der Waals surface area contributed by atoms with Crippen molar-refractivity contribution in [2.45, 2.75) is 39.3 Å². The van der Waals surface area contributed by atoms with E-state index in [2.05, 4.69) is 42.6 Å². The number of carbonyl (C=O) groups excluding carboxylic acids is 1. The van der Waals surface area contributed by atoms with Crippen LogP contribution >= 0.6 is 0 Å². The summed E-state index contributed by atoms with van der Waals surface area (Å²) in [6.45, 7) is 6.11. The highest BCUT2D eigenvalue weighted by Gasteiger charge is 2.34. The molecule has 0 aliphatic carbocycles. The average Bonchev–Trinajstić information content (AvgIpc) is 2.75. The van der Waals surface area contributed by atoms with Crippen molar-refractivity contribution in [2.75, 3.05) is 10.2 Å². The van der Waals surface area contributed by atoms with Gasteiger partial charge < -0.3 is 10.2 Å². The number of fused-ring (bicyclic) bond motifs is 1. The Balaban J connectivity index is 1.71. The molecule has 1 aliphatic heterocycles. The molecule has 0 radical (unpaired) electrons. The van der Waals surface area contributed by atoms with E-state index in [0.29, 0.717) is 5.56 Å². The number of nitrogens with zero attached hydrogens (tertiary/aromatic N) is 2. The molecular weight excluding hydrogens is 390 g/mol. The van der Waals surface area contributed by atoms with Crippen molar-refractivity contribution in [3.63, 3.8) is 0 Å². The number of anilines is 2. The Morgan fingerprint density at radius 1 is 1.03 bits per heavy atom. The number of non-ortho nitro benzene ring substituents is 1. The van der Waals surface area contributed by atoms with Crippen LogP contribution in [0.1, 0.15) is 46.4 Å². The first kappa shape index (κ1) is 20.6. The first-order valence-electron chi connectivity index (χ1n) is 10.4. The number of nitro groups is 1. The largest absolute Gasteiger partial charge is 0.378 e. The molecule has 6 heteroatoms. The van der Waals surface area contributed by atoms with Gasteiger partial charge in [-0.3, -0.25) is 14.9 Å². The zero-order chi connectivity index (χ0) is 22.1. The number of nitrogens with one attached hydrogen (secondary N) is 1. The van der Waals surface area contributed by atoms with Crippen LogP contribution < -0.4 is 10.2 Å². The normalized spacial score (nSPS) is 17.7. The van der Waals surface area contributed by atoms with E-state index in [4.69, 9.17) is 0 Å². The number of benzene rings is 3. The van der Waals surface area contributed by atoms with Crippen LogP contribution in [-0.4, -0.2) is 16.9 Å². The Kier molecular flexibility index (Phi) is 5.46. The Morgan fingerprint density at radius 2 is 1.74 bits per heavy atom. The maximum Gasteiger partial charge on any atom is 0.270 e. The molecule has 2 unspecified atom stereocenters. The lowest BCUT2D eigenvalue weighted by Gasteiger charge is -2.40. The van der Waals surface area contributed by atoms with Crippen LogP contribution in [0, 0.1) is 24.0 Å². The molecule has 1 aliphatic rings. The Labute approximate surface area is 181 Å². The van der Waals surface area contributed by atoms with E-state index in [1.165, 1.54) is 17.7 Å². The summed E-state index contributed by atoms with van der Waals surface area (Å²) >= 11 is 0. The van der Waals surface area contributed by atoms with Crippen LogP contribution in [0.3, 0.4) is 0 Å². The smallest absolute Gasteiger partial charge is 0.270 e. The van der Waals surface area contributed by atoms with Crippen LogP contribution in [0.25, 0.3) is 0 Å². The highest BCUT2D eigenvalue weighted by atomic mass is 16.6. The highest BCUT2D eigenvalue weighted by Crippen LogP contribution is 2.40. The number of rotatable bonds is 4. The summed E-state index contributed by atoms with van der Waals surface area (Å²) in [5.41, 5.74) is 5.48. The third-order valence-electron chi connectivity index (χ3n) is 5.75. The van der Waals surface area contributed by atoms with Crippen LogP contribution in [-0.2, 0) is 0 Å². The van der Waals surface area contributed by atoms with Crippen molar-refractivity contribution >= 4 is 23.0 Å². The number of nitro benzene ring substituents is 1. The summed E-state index contributed by atoms with van der Waals surface area (Å²) in [5.74, 6) is -0.227. The van der Waals surface area contributed by atoms with Gasteiger partial charge in [0.15, 0.2) is 0 Å². The van der Waals surface area contributed by atoms with Crippen molar-refractivity contribution < 1.29 is 9.72 Å². The quantitative estimate of drug-likeness (QED) is 0.431. The number of carbonyl (C=O) groups is 1. The monoisotopic (exact) mass is 415 g/mol. The molecule has 0 saturated carbocycles. The molecule has 0 saturated heterocycles. The Morgan fingerprint density at radius 3 is 2.45 bits per heavy atom. The highest BCUT2D eigenvalue weighted by molar-refractivity contribution is 6.07. The number of hydrogen-bond acceptors (Lipinski definition) is 4. The van der Waals surface area contributed by atoms with Gasteiger partial charge in [-0.05, 0) is 57.0 Å². The third-order valence-corrected chi connectivity index (χ3v) is 5.75. The summed E-state index contributed by atoms with van der Waals surface area (Å²) in [7, 11) is 0. The van der Waals surface area contributed by atoms with Gasteiger partial charge >= 0.3 is 0 Å². The van der Waals surface area contributed by atoms with Gasteiger partial charge in [0, 0.05) is 35.1 Å². The molecule has 2 atom stereocenters. The van der Waals surface area contributed by atoms with Crippen molar-refractivity contribution in [2.24, 2.45) is 0 Å². The molecular formula is C25H25N3O3. The van der Waals surface area contributed by atoms with Crippen molar-refractivity contribution in [3.8, 4) is 0 Å². The fourth-order valence-corrected chi connectivity index (χ4v) is 4.17. The average molecular weight is 415 g/mol. The van der Waals surface area contributed by atoms with E-state index in [9.17, 15) is 14.9 Å². The molecule has 4 rings (SSSR count). The first-order chi connectivity index (χ1) is 14.8. The summed E-state index contributed by atoms with van der Waals surface area (Å²) in [4.78, 5) is 25.9. The standard InChI is InChI=1S/C25H25N3O3/c1-16-7-10-20(11-8-16)26-23-14-18(3)27(24-12-9-17(2)13-22(23)24)25(29)19-5-4-6-21(15-19)28(30)31/h4-13,15,18,23,26H,14H2,1-3H3. The molecule has 0 bridgehead atoms. The van der Waals surface area contributed by atoms with Crippen molar-refractivity contribution in [3.05, 3.63) is 99.1 Å². The van der Waals surface area contributed by atoms with E-state index in [0.717, 1.165) is 28.9 Å². The van der Waals surface area contributed by atoms with Crippen molar-refractivity contribution in [1.29, 1.82) is 0 Å². The SMILES string of the molecule is Cc1ccc(NC2CC(C)N(C(=O)c3cccc([N+](=O)[O-])c3)c3ccc(C)cc32)cc1. The number of aryl methyl sites for hydroxylation is 2. The van der Waals surface area contributed by atoms with E-state index < -0.39 is 4.92 Å². The summed E-state index contributed by atoms with van der Waals surface area (Å²) < 4.78 is 0. The zero-order valence-corrected chi connectivity index (χ0v) is 17.8. The molecule has 1 amide bonds. The van der Waals surface area contributed by atoms with Crippen molar-refractivity contribution in [1.82, 2.24) is 0 Å². The minimum atomic E-state index is -0.477. The van der Waals surface area contributed by atoms with Gasteiger partial charge in [-0.25, -0.2) is 0 Å². The number of amides is 1. The molecule has 31 heavy (non-hydrogen) atoms. The number of hydrogen-bond donors (Lipinski definition) is 1. The van der Waals surface area contributed by atoms with E-state index >= 15 is 0 Å². The predicted octanol–water partition coefficient (Wildman–Crippen LogP) is 5.80. The topological polar surface area (TPSA) is 75.5 Å². The van der Waals surface area contributed by atoms with Crippen LogP contribution in [0.15, 0.2) is 66.7 Å². The molecule has 3 aromatic rings. The van der Waals surface area contributed by atoms with Gasteiger partial charge in [-0.15, -0.1) is 0 Å². The molecule has 158 valence electrons. The minimum Gasteiger partial charge on any atom is -0.378 e. The molecule has 3 aromatic carbocycles. The maximum atomic E-state index is 13.4. The molecule has 0 aromatic heterocycles. The zero-order valence-electron chi connectivity index (χ0n) is 17.8. The molecule has 1 heterocycles. The van der Waals surface area contributed by atoms with Gasteiger partial charge in [0.2, 0.25) is 0 Å². The molecule has 6 nitrogen and oxygen atoms in total.